The molecule has 1 amide bonds. The van der Waals surface area contributed by atoms with Crippen molar-refractivity contribution in [2.45, 2.75) is 13.8 Å². The first-order valence-electron chi connectivity index (χ1n) is 9.20. The summed E-state index contributed by atoms with van der Waals surface area (Å²) in [4.78, 5) is 12.2. The van der Waals surface area contributed by atoms with E-state index in [0.717, 1.165) is 38.9 Å². The van der Waals surface area contributed by atoms with Gasteiger partial charge in [0.15, 0.2) is 0 Å². The van der Waals surface area contributed by atoms with Crippen molar-refractivity contribution in [1.29, 1.82) is 0 Å². The molecule has 28 heavy (non-hydrogen) atoms. The highest BCUT2D eigenvalue weighted by atomic mass is 19.1. The lowest BCUT2D eigenvalue weighted by atomic mass is 9.96. The highest BCUT2D eigenvalue weighted by molar-refractivity contribution is 5.98. The molecule has 0 atom stereocenters. The van der Waals surface area contributed by atoms with E-state index in [1.54, 1.807) is 12.1 Å². The van der Waals surface area contributed by atoms with Crippen LogP contribution in [0.4, 0.5) is 4.39 Å². The van der Waals surface area contributed by atoms with Gasteiger partial charge in [0.25, 0.3) is 5.91 Å². The van der Waals surface area contributed by atoms with Crippen LogP contribution in [0.2, 0.25) is 0 Å². The normalized spacial score (nSPS) is 11.0. The van der Waals surface area contributed by atoms with Crippen LogP contribution in [-0.2, 0) is 0 Å². The van der Waals surface area contributed by atoms with Crippen molar-refractivity contribution >= 4 is 16.8 Å². The Balaban J connectivity index is 1.76. The van der Waals surface area contributed by atoms with Gasteiger partial charge in [0.1, 0.15) is 5.82 Å². The largest absolute Gasteiger partial charge is 0.352 e. The summed E-state index contributed by atoms with van der Waals surface area (Å²) in [5, 5.41) is 11.3. The van der Waals surface area contributed by atoms with Crippen LogP contribution in [0.15, 0.2) is 60.7 Å². The summed E-state index contributed by atoms with van der Waals surface area (Å²) in [6.07, 6.45) is 0. The number of hydrogen-bond donors (Lipinski definition) is 2. The average Bonchev–Trinajstić information content (AvgIpc) is 3.12. The summed E-state index contributed by atoms with van der Waals surface area (Å²) >= 11 is 0. The predicted molar refractivity (Wildman–Crippen MR) is 110 cm³/mol. The molecule has 5 heteroatoms. The van der Waals surface area contributed by atoms with E-state index in [1.165, 1.54) is 12.1 Å². The van der Waals surface area contributed by atoms with Gasteiger partial charge in [-0.1, -0.05) is 12.1 Å². The molecule has 0 spiro atoms. The summed E-state index contributed by atoms with van der Waals surface area (Å²) in [5.74, 6) is -0.349. The molecule has 4 aromatic rings. The summed E-state index contributed by atoms with van der Waals surface area (Å²) in [6.45, 7) is 4.52. The lowest BCUT2D eigenvalue weighted by Crippen LogP contribution is -2.22. The molecule has 4 nitrogen and oxygen atoms in total. The minimum absolute atomic E-state index is 0.0787. The molecule has 0 bridgehead atoms. The lowest BCUT2D eigenvalue weighted by Gasteiger charge is -2.10. The number of nitrogens with zero attached hydrogens (tertiary/aromatic N) is 1. The Labute approximate surface area is 162 Å². The fraction of sp³-hybridized carbons (Fsp3) is 0.130. The van der Waals surface area contributed by atoms with Crippen LogP contribution in [0.1, 0.15) is 22.8 Å². The minimum atomic E-state index is -0.270. The molecule has 0 saturated carbocycles. The van der Waals surface area contributed by atoms with Gasteiger partial charge in [0.2, 0.25) is 0 Å². The van der Waals surface area contributed by atoms with Crippen molar-refractivity contribution in [1.82, 2.24) is 15.5 Å². The second kappa shape index (κ2) is 7.27. The maximum atomic E-state index is 13.2. The van der Waals surface area contributed by atoms with E-state index in [4.69, 9.17) is 0 Å². The van der Waals surface area contributed by atoms with E-state index in [1.807, 2.05) is 50.2 Å². The van der Waals surface area contributed by atoms with Crippen LogP contribution in [-0.4, -0.2) is 22.6 Å². The number of aromatic amines is 1. The molecule has 1 aromatic heterocycles. The molecule has 0 unspecified atom stereocenters. The van der Waals surface area contributed by atoms with Crippen molar-refractivity contribution in [3.05, 3.63) is 77.6 Å². The number of H-pyrrole nitrogens is 1. The van der Waals surface area contributed by atoms with Gasteiger partial charge in [-0.2, -0.15) is 5.10 Å². The third-order valence-electron chi connectivity index (χ3n) is 4.83. The Morgan fingerprint density at radius 2 is 1.79 bits per heavy atom. The third kappa shape index (κ3) is 3.27. The zero-order valence-corrected chi connectivity index (χ0v) is 15.7. The molecule has 140 valence electrons. The maximum Gasteiger partial charge on any atom is 0.251 e. The van der Waals surface area contributed by atoms with Crippen molar-refractivity contribution in [3.8, 4) is 22.4 Å². The molecule has 2 N–H and O–H groups in total. The summed E-state index contributed by atoms with van der Waals surface area (Å²) in [5.41, 5.74) is 6.27. The highest BCUT2D eigenvalue weighted by Gasteiger charge is 2.12. The Bertz CT molecular complexity index is 1160. The average molecular weight is 373 g/mol. The van der Waals surface area contributed by atoms with Gasteiger partial charge in [0, 0.05) is 23.1 Å². The number of carbonyl (C=O) groups is 1. The number of carbonyl (C=O) groups excluding carboxylic acids is 1. The second-order valence-electron chi connectivity index (χ2n) is 6.73. The molecule has 4 rings (SSSR count). The van der Waals surface area contributed by atoms with Gasteiger partial charge in [-0.05, 0) is 79.1 Å². The van der Waals surface area contributed by atoms with Crippen LogP contribution in [0.3, 0.4) is 0 Å². The van der Waals surface area contributed by atoms with Crippen molar-refractivity contribution < 1.29 is 9.18 Å². The molecule has 0 radical (unpaired) electrons. The van der Waals surface area contributed by atoms with Crippen molar-refractivity contribution in [2.24, 2.45) is 0 Å². The standard InChI is InChI=1S/C23H20FN3O/c1-3-25-23(28)17-5-4-14(2)20(12-17)16-8-11-19-21(13-16)26-27-22(19)15-6-9-18(24)10-7-15/h4-13H,3H2,1-2H3,(H,25,28)(H,26,27). The quantitative estimate of drug-likeness (QED) is 0.523. The van der Waals surface area contributed by atoms with Gasteiger partial charge in [0.05, 0.1) is 11.2 Å². The van der Waals surface area contributed by atoms with E-state index in [-0.39, 0.29) is 11.7 Å². The number of rotatable bonds is 4. The van der Waals surface area contributed by atoms with Gasteiger partial charge < -0.3 is 5.32 Å². The van der Waals surface area contributed by atoms with Gasteiger partial charge in [-0.15, -0.1) is 0 Å². The summed E-state index contributed by atoms with van der Waals surface area (Å²) in [7, 11) is 0. The van der Waals surface area contributed by atoms with Crippen molar-refractivity contribution in [3.63, 3.8) is 0 Å². The fourth-order valence-corrected chi connectivity index (χ4v) is 3.35. The van der Waals surface area contributed by atoms with Crippen LogP contribution in [0.5, 0.6) is 0 Å². The Morgan fingerprint density at radius 3 is 2.54 bits per heavy atom. The number of hydrogen-bond acceptors (Lipinski definition) is 2. The van der Waals surface area contributed by atoms with Gasteiger partial charge in [-0.25, -0.2) is 4.39 Å². The summed E-state index contributed by atoms with van der Waals surface area (Å²) in [6, 6.07) is 18.1. The van der Waals surface area contributed by atoms with Crippen LogP contribution < -0.4 is 5.32 Å². The SMILES string of the molecule is CCNC(=O)c1ccc(C)c(-c2ccc3c(-c4ccc(F)cc4)n[nH]c3c2)c1. The number of nitrogens with one attached hydrogen (secondary N) is 2. The maximum absolute atomic E-state index is 13.2. The van der Waals surface area contributed by atoms with Crippen LogP contribution in [0.25, 0.3) is 33.3 Å². The number of benzene rings is 3. The Morgan fingerprint density at radius 1 is 1.04 bits per heavy atom. The fourth-order valence-electron chi connectivity index (χ4n) is 3.35. The Hall–Kier alpha value is -3.47. The molecule has 0 aliphatic carbocycles. The van der Waals surface area contributed by atoms with E-state index in [0.29, 0.717) is 12.1 Å². The molecule has 1 heterocycles. The minimum Gasteiger partial charge on any atom is -0.352 e. The highest BCUT2D eigenvalue weighted by Crippen LogP contribution is 2.31. The molecule has 3 aromatic carbocycles. The van der Waals surface area contributed by atoms with Crippen molar-refractivity contribution in [2.75, 3.05) is 6.54 Å². The second-order valence-corrected chi connectivity index (χ2v) is 6.73. The monoisotopic (exact) mass is 373 g/mol. The number of aryl methyl sites for hydroxylation is 1. The molecule has 0 saturated heterocycles. The third-order valence-corrected chi connectivity index (χ3v) is 4.83. The number of fused-ring (bicyclic) bond motifs is 1. The van der Waals surface area contributed by atoms with E-state index >= 15 is 0 Å². The molecule has 0 aliphatic heterocycles. The number of aromatic nitrogens is 2. The summed E-state index contributed by atoms with van der Waals surface area (Å²) < 4.78 is 13.2. The lowest BCUT2D eigenvalue weighted by molar-refractivity contribution is 0.0956. The van der Waals surface area contributed by atoms with Crippen LogP contribution in [0, 0.1) is 12.7 Å². The van der Waals surface area contributed by atoms with E-state index in [2.05, 4.69) is 15.5 Å². The van der Waals surface area contributed by atoms with Gasteiger partial charge >= 0.3 is 0 Å². The zero-order valence-electron chi connectivity index (χ0n) is 15.7. The van der Waals surface area contributed by atoms with E-state index < -0.39 is 0 Å². The van der Waals surface area contributed by atoms with Gasteiger partial charge in [-0.3, -0.25) is 9.89 Å². The first-order chi connectivity index (χ1) is 13.6. The number of amides is 1. The molecular weight excluding hydrogens is 353 g/mol. The predicted octanol–water partition coefficient (Wildman–Crippen LogP) is 5.09. The molecule has 0 aliphatic rings. The van der Waals surface area contributed by atoms with E-state index in [9.17, 15) is 9.18 Å². The zero-order chi connectivity index (χ0) is 19.7. The number of halogens is 1. The Kier molecular flexibility index (Phi) is 4.65. The molecule has 0 fully saturated rings. The first-order valence-corrected chi connectivity index (χ1v) is 9.20. The molecular formula is C23H20FN3O. The topological polar surface area (TPSA) is 57.8 Å². The first kappa shape index (κ1) is 17.9. The smallest absolute Gasteiger partial charge is 0.251 e. The van der Waals surface area contributed by atoms with Crippen LogP contribution >= 0.6 is 0 Å².